The first-order valence-corrected chi connectivity index (χ1v) is 6.36. The van der Waals surface area contributed by atoms with Crippen molar-refractivity contribution in [1.82, 2.24) is 0 Å². The summed E-state index contributed by atoms with van der Waals surface area (Å²) >= 11 is 17.5. The molecule has 5 heteroatoms. The van der Waals surface area contributed by atoms with Crippen molar-refractivity contribution in [2.24, 2.45) is 0 Å². The molecule has 0 heterocycles. The lowest BCUT2D eigenvalue weighted by molar-refractivity contribution is 0.476. The van der Waals surface area contributed by atoms with Gasteiger partial charge in [0.2, 0.25) is 0 Å². The molecule has 0 saturated carbocycles. The van der Waals surface area contributed by atoms with E-state index in [9.17, 15) is 4.39 Å². The van der Waals surface area contributed by atoms with Crippen LogP contribution >= 0.6 is 34.8 Å². The molecule has 94 valence electrons. The van der Waals surface area contributed by atoms with Crippen LogP contribution in [0.5, 0.6) is 11.5 Å². The van der Waals surface area contributed by atoms with Gasteiger partial charge in [0.1, 0.15) is 22.3 Å². The highest BCUT2D eigenvalue weighted by atomic mass is 35.5. The summed E-state index contributed by atoms with van der Waals surface area (Å²) < 4.78 is 18.8. The van der Waals surface area contributed by atoms with Crippen molar-refractivity contribution in [3.05, 3.63) is 57.8 Å². The minimum absolute atomic E-state index is 0.206. The van der Waals surface area contributed by atoms with Gasteiger partial charge in [0, 0.05) is 11.9 Å². The Bertz CT molecular complexity index is 572. The SMILES string of the molecule is Fc1cc(CCl)cc(Oc2cccc(Cl)c2Cl)c1. The van der Waals surface area contributed by atoms with Crippen LogP contribution in [0.2, 0.25) is 10.0 Å². The fourth-order valence-electron chi connectivity index (χ4n) is 1.45. The highest BCUT2D eigenvalue weighted by Gasteiger charge is 2.08. The monoisotopic (exact) mass is 304 g/mol. The molecular weight excluding hydrogens is 297 g/mol. The van der Waals surface area contributed by atoms with Crippen LogP contribution in [0.15, 0.2) is 36.4 Å². The fourth-order valence-corrected chi connectivity index (χ4v) is 1.93. The Kier molecular flexibility index (Phi) is 4.33. The topological polar surface area (TPSA) is 9.23 Å². The molecule has 0 amide bonds. The third kappa shape index (κ3) is 3.08. The predicted molar refractivity (Wildman–Crippen MR) is 72.5 cm³/mol. The zero-order chi connectivity index (χ0) is 13.1. The third-order valence-corrected chi connectivity index (χ3v) is 3.34. The Morgan fingerprint density at radius 3 is 2.61 bits per heavy atom. The van der Waals surface area contributed by atoms with Gasteiger partial charge in [-0.2, -0.15) is 0 Å². The number of rotatable bonds is 3. The molecule has 1 nitrogen and oxygen atoms in total. The average molecular weight is 306 g/mol. The van der Waals surface area contributed by atoms with Gasteiger partial charge >= 0.3 is 0 Å². The van der Waals surface area contributed by atoms with E-state index in [-0.39, 0.29) is 10.9 Å². The fraction of sp³-hybridized carbons (Fsp3) is 0.0769. The largest absolute Gasteiger partial charge is 0.456 e. The molecule has 0 aliphatic rings. The lowest BCUT2D eigenvalue weighted by Gasteiger charge is -2.09. The summed E-state index contributed by atoms with van der Waals surface area (Å²) in [4.78, 5) is 0. The molecule has 0 spiro atoms. The van der Waals surface area contributed by atoms with Crippen molar-refractivity contribution in [3.63, 3.8) is 0 Å². The maximum absolute atomic E-state index is 13.3. The Morgan fingerprint density at radius 1 is 1.11 bits per heavy atom. The average Bonchev–Trinajstić information content (AvgIpc) is 2.34. The van der Waals surface area contributed by atoms with Gasteiger partial charge < -0.3 is 4.74 Å². The summed E-state index contributed by atoms with van der Waals surface area (Å²) in [5, 5.41) is 0.666. The summed E-state index contributed by atoms with van der Waals surface area (Å²) in [6, 6.07) is 9.25. The minimum Gasteiger partial charge on any atom is -0.456 e. The predicted octanol–water partition coefficient (Wildman–Crippen LogP) is 5.66. The highest BCUT2D eigenvalue weighted by Crippen LogP contribution is 2.35. The Hall–Kier alpha value is -0.960. The normalized spacial score (nSPS) is 10.4. The van der Waals surface area contributed by atoms with Crippen LogP contribution in [0.1, 0.15) is 5.56 Å². The second-order valence-electron chi connectivity index (χ2n) is 3.58. The molecular formula is C13H8Cl3FO. The molecule has 0 fully saturated rings. The molecule has 0 bridgehead atoms. The number of hydrogen-bond donors (Lipinski definition) is 0. The Labute approximate surface area is 119 Å². The first kappa shape index (κ1) is 13.5. The zero-order valence-corrected chi connectivity index (χ0v) is 11.4. The minimum atomic E-state index is -0.415. The molecule has 0 unspecified atom stereocenters. The van der Waals surface area contributed by atoms with Crippen LogP contribution in [0.4, 0.5) is 4.39 Å². The van der Waals surface area contributed by atoms with Crippen LogP contribution in [0.25, 0.3) is 0 Å². The summed E-state index contributed by atoms with van der Waals surface area (Å²) in [7, 11) is 0. The quantitative estimate of drug-likeness (QED) is 0.664. The summed E-state index contributed by atoms with van der Waals surface area (Å²) in [5.74, 6) is 0.489. The van der Waals surface area contributed by atoms with E-state index in [1.54, 1.807) is 24.3 Å². The van der Waals surface area contributed by atoms with Crippen molar-refractivity contribution >= 4 is 34.8 Å². The molecule has 18 heavy (non-hydrogen) atoms. The molecule has 0 N–H and O–H groups in total. The molecule has 0 saturated heterocycles. The molecule has 0 aliphatic carbocycles. The van der Waals surface area contributed by atoms with Crippen molar-refractivity contribution in [2.45, 2.75) is 5.88 Å². The van der Waals surface area contributed by atoms with E-state index in [0.29, 0.717) is 22.1 Å². The Balaban J connectivity index is 2.34. The summed E-state index contributed by atoms with van der Waals surface area (Å²) in [6.45, 7) is 0. The van der Waals surface area contributed by atoms with E-state index >= 15 is 0 Å². The van der Waals surface area contributed by atoms with E-state index in [1.165, 1.54) is 12.1 Å². The summed E-state index contributed by atoms with van der Waals surface area (Å²) in [6.07, 6.45) is 0. The first-order valence-electron chi connectivity index (χ1n) is 5.07. The third-order valence-electron chi connectivity index (χ3n) is 2.23. The van der Waals surface area contributed by atoms with Crippen LogP contribution < -0.4 is 4.74 Å². The van der Waals surface area contributed by atoms with Crippen LogP contribution in [0.3, 0.4) is 0 Å². The molecule has 0 aliphatic heterocycles. The first-order chi connectivity index (χ1) is 8.60. The van der Waals surface area contributed by atoms with Crippen LogP contribution in [-0.2, 0) is 5.88 Å². The standard InChI is InChI=1S/C13H8Cl3FO/c14-7-8-4-9(17)6-10(5-8)18-12-3-1-2-11(15)13(12)16/h1-6H,7H2. The number of alkyl halides is 1. The van der Waals surface area contributed by atoms with Gasteiger partial charge in [-0.3, -0.25) is 0 Å². The van der Waals surface area contributed by atoms with Crippen molar-refractivity contribution in [1.29, 1.82) is 0 Å². The Morgan fingerprint density at radius 2 is 1.89 bits per heavy atom. The van der Waals surface area contributed by atoms with E-state index in [1.807, 2.05) is 0 Å². The molecule has 0 aromatic heterocycles. The molecule has 2 rings (SSSR count). The number of benzene rings is 2. The van der Waals surface area contributed by atoms with E-state index < -0.39 is 5.82 Å². The van der Waals surface area contributed by atoms with Gasteiger partial charge in [0.05, 0.1) is 5.02 Å². The lowest BCUT2D eigenvalue weighted by atomic mass is 10.2. The van der Waals surface area contributed by atoms with Gasteiger partial charge in [-0.25, -0.2) is 4.39 Å². The molecule has 0 atom stereocenters. The summed E-state index contributed by atoms with van der Waals surface area (Å²) in [5.41, 5.74) is 0.629. The van der Waals surface area contributed by atoms with Crippen molar-refractivity contribution in [2.75, 3.05) is 0 Å². The van der Waals surface area contributed by atoms with E-state index in [2.05, 4.69) is 0 Å². The van der Waals surface area contributed by atoms with Gasteiger partial charge in [-0.15, -0.1) is 11.6 Å². The lowest BCUT2D eigenvalue weighted by Crippen LogP contribution is -1.89. The van der Waals surface area contributed by atoms with Crippen LogP contribution in [0, 0.1) is 5.82 Å². The molecule has 2 aromatic rings. The number of ether oxygens (including phenoxy) is 1. The van der Waals surface area contributed by atoms with Crippen molar-refractivity contribution in [3.8, 4) is 11.5 Å². The van der Waals surface area contributed by atoms with E-state index in [4.69, 9.17) is 39.5 Å². The smallest absolute Gasteiger partial charge is 0.147 e. The molecule has 2 aromatic carbocycles. The second kappa shape index (κ2) is 5.79. The van der Waals surface area contributed by atoms with Crippen molar-refractivity contribution < 1.29 is 9.13 Å². The number of halogens is 4. The van der Waals surface area contributed by atoms with Gasteiger partial charge in [-0.1, -0.05) is 29.3 Å². The second-order valence-corrected chi connectivity index (χ2v) is 4.64. The molecule has 0 radical (unpaired) electrons. The highest BCUT2D eigenvalue weighted by molar-refractivity contribution is 6.42. The van der Waals surface area contributed by atoms with Gasteiger partial charge in [0.15, 0.2) is 0 Å². The zero-order valence-electron chi connectivity index (χ0n) is 9.09. The van der Waals surface area contributed by atoms with E-state index in [0.717, 1.165) is 0 Å². The van der Waals surface area contributed by atoms with Crippen LogP contribution in [-0.4, -0.2) is 0 Å². The number of hydrogen-bond acceptors (Lipinski definition) is 1. The van der Waals surface area contributed by atoms with Gasteiger partial charge in [-0.05, 0) is 29.8 Å². The van der Waals surface area contributed by atoms with Gasteiger partial charge in [0.25, 0.3) is 0 Å². The maximum atomic E-state index is 13.3. The maximum Gasteiger partial charge on any atom is 0.147 e.